The van der Waals surface area contributed by atoms with Crippen LogP contribution in [0.25, 0.3) is 0 Å². The predicted octanol–water partition coefficient (Wildman–Crippen LogP) is 4.16. The molecule has 1 fully saturated rings. The van der Waals surface area contributed by atoms with Gasteiger partial charge in [-0.15, -0.1) is 0 Å². The van der Waals surface area contributed by atoms with Gasteiger partial charge in [0.05, 0.1) is 0 Å². The first-order valence-electron chi connectivity index (χ1n) is 9.03. The number of rotatable bonds is 3. The van der Waals surface area contributed by atoms with Crippen LogP contribution in [0.15, 0.2) is 24.3 Å². The highest BCUT2D eigenvalue weighted by molar-refractivity contribution is 5.93. The van der Waals surface area contributed by atoms with Crippen molar-refractivity contribution in [3.8, 4) is 0 Å². The zero-order chi connectivity index (χ0) is 17.8. The zero-order valence-corrected chi connectivity index (χ0v) is 15.3. The van der Waals surface area contributed by atoms with Gasteiger partial charge in [0.1, 0.15) is 17.3 Å². The molecule has 3 rings (SSSR count). The molecule has 5 heteroatoms. The maximum absolute atomic E-state index is 12.8. The molecule has 0 aliphatic carbocycles. The van der Waals surface area contributed by atoms with E-state index in [-0.39, 0.29) is 5.91 Å². The third-order valence-electron chi connectivity index (χ3n) is 4.82. The summed E-state index contributed by atoms with van der Waals surface area (Å²) < 4.78 is 0. The molecule has 1 aromatic heterocycles. The molecule has 2 heterocycles. The summed E-state index contributed by atoms with van der Waals surface area (Å²) >= 11 is 0. The summed E-state index contributed by atoms with van der Waals surface area (Å²) in [4.78, 5) is 23.6. The Balaban J connectivity index is 1.85. The van der Waals surface area contributed by atoms with Gasteiger partial charge in [-0.1, -0.05) is 25.0 Å². The third-order valence-corrected chi connectivity index (χ3v) is 4.82. The standard InChI is InChI=1S/C20H26N4O/c1-14-9-8-10-17(15(14)2)23-19-13-18(21-16(3)22-19)20(25)24-11-6-4-5-7-12-24/h8-10,13H,4-7,11-12H2,1-3H3,(H,21,22,23). The van der Waals surface area contributed by atoms with Crippen LogP contribution < -0.4 is 5.32 Å². The van der Waals surface area contributed by atoms with Crippen molar-refractivity contribution in [2.75, 3.05) is 18.4 Å². The molecule has 25 heavy (non-hydrogen) atoms. The van der Waals surface area contributed by atoms with Gasteiger partial charge in [0.25, 0.3) is 5.91 Å². The van der Waals surface area contributed by atoms with Crippen LogP contribution in [0.5, 0.6) is 0 Å². The van der Waals surface area contributed by atoms with Gasteiger partial charge >= 0.3 is 0 Å². The maximum Gasteiger partial charge on any atom is 0.272 e. The smallest absolute Gasteiger partial charge is 0.272 e. The van der Waals surface area contributed by atoms with E-state index in [2.05, 4.69) is 35.2 Å². The number of benzene rings is 1. The minimum atomic E-state index is 0.0106. The number of aryl methyl sites for hydroxylation is 2. The molecule has 132 valence electrons. The fourth-order valence-corrected chi connectivity index (χ4v) is 3.20. The fraction of sp³-hybridized carbons (Fsp3) is 0.450. The van der Waals surface area contributed by atoms with E-state index in [0.717, 1.165) is 31.6 Å². The van der Waals surface area contributed by atoms with Gasteiger partial charge in [-0.05, 0) is 50.8 Å². The molecule has 0 radical (unpaired) electrons. The quantitative estimate of drug-likeness (QED) is 0.913. The fourth-order valence-electron chi connectivity index (χ4n) is 3.20. The minimum absolute atomic E-state index is 0.0106. The van der Waals surface area contributed by atoms with Crippen LogP contribution in [-0.4, -0.2) is 33.9 Å². The van der Waals surface area contributed by atoms with E-state index < -0.39 is 0 Å². The lowest BCUT2D eigenvalue weighted by Gasteiger charge is -2.20. The molecular formula is C20H26N4O. The number of amides is 1. The molecule has 0 spiro atoms. The molecule has 0 atom stereocenters. The predicted molar refractivity (Wildman–Crippen MR) is 100 cm³/mol. The van der Waals surface area contributed by atoms with Gasteiger partial charge in [0, 0.05) is 24.8 Å². The second kappa shape index (κ2) is 7.64. The van der Waals surface area contributed by atoms with Crippen molar-refractivity contribution < 1.29 is 4.79 Å². The highest BCUT2D eigenvalue weighted by atomic mass is 16.2. The number of anilines is 2. The highest BCUT2D eigenvalue weighted by Gasteiger charge is 2.19. The first kappa shape index (κ1) is 17.4. The molecule has 1 N–H and O–H groups in total. The Morgan fingerprint density at radius 3 is 2.48 bits per heavy atom. The van der Waals surface area contributed by atoms with Gasteiger partial charge in [-0.25, -0.2) is 9.97 Å². The Hall–Kier alpha value is -2.43. The summed E-state index contributed by atoms with van der Waals surface area (Å²) in [5.74, 6) is 1.28. The van der Waals surface area contributed by atoms with Crippen LogP contribution >= 0.6 is 0 Å². The van der Waals surface area contributed by atoms with Crippen LogP contribution in [0, 0.1) is 20.8 Å². The van der Waals surface area contributed by atoms with Gasteiger partial charge in [0.15, 0.2) is 0 Å². The lowest BCUT2D eigenvalue weighted by molar-refractivity contribution is 0.0755. The first-order valence-corrected chi connectivity index (χ1v) is 9.03. The van der Waals surface area contributed by atoms with Crippen LogP contribution in [-0.2, 0) is 0 Å². The molecule has 2 aromatic rings. The molecule has 0 unspecified atom stereocenters. The number of carbonyl (C=O) groups is 1. The Morgan fingerprint density at radius 2 is 1.76 bits per heavy atom. The summed E-state index contributed by atoms with van der Waals surface area (Å²) in [6, 6.07) is 7.89. The van der Waals surface area contributed by atoms with Crippen molar-refractivity contribution in [1.82, 2.24) is 14.9 Å². The molecule has 1 aromatic carbocycles. The van der Waals surface area contributed by atoms with Gasteiger partial charge < -0.3 is 10.2 Å². The van der Waals surface area contributed by atoms with Gasteiger partial charge in [0.2, 0.25) is 0 Å². The van der Waals surface area contributed by atoms with E-state index in [1.807, 2.05) is 24.0 Å². The van der Waals surface area contributed by atoms with Crippen molar-refractivity contribution in [3.63, 3.8) is 0 Å². The highest BCUT2D eigenvalue weighted by Crippen LogP contribution is 2.22. The second-order valence-corrected chi connectivity index (χ2v) is 6.76. The minimum Gasteiger partial charge on any atom is -0.340 e. The SMILES string of the molecule is Cc1nc(Nc2cccc(C)c2C)cc(C(=O)N2CCCCCC2)n1. The number of carbonyl (C=O) groups excluding carboxylic acids is 1. The molecule has 1 amide bonds. The normalized spacial score (nSPS) is 14.9. The molecule has 1 aliphatic heterocycles. The maximum atomic E-state index is 12.8. The summed E-state index contributed by atoms with van der Waals surface area (Å²) in [6.07, 6.45) is 4.55. The summed E-state index contributed by atoms with van der Waals surface area (Å²) in [6.45, 7) is 7.63. The van der Waals surface area contributed by atoms with Crippen LogP contribution in [0.1, 0.15) is 53.1 Å². The molecular weight excluding hydrogens is 312 g/mol. The zero-order valence-electron chi connectivity index (χ0n) is 15.3. The molecule has 5 nitrogen and oxygen atoms in total. The third kappa shape index (κ3) is 4.16. The Kier molecular flexibility index (Phi) is 5.31. The summed E-state index contributed by atoms with van der Waals surface area (Å²) in [5, 5.41) is 3.34. The molecule has 0 saturated carbocycles. The van der Waals surface area contributed by atoms with Crippen molar-refractivity contribution in [2.45, 2.75) is 46.5 Å². The molecule has 0 bridgehead atoms. The average Bonchev–Trinajstić information content (AvgIpc) is 2.87. The van der Waals surface area contributed by atoms with Crippen molar-refractivity contribution in [3.05, 3.63) is 46.9 Å². The number of hydrogen-bond donors (Lipinski definition) is 1. The number of hydrogen-bond acceptors (Lipinski definition) is 4. The van der Waals surface area contributed by atoms with Crippen LogP contribution in [0.4, 0.5) is 11.5 Å². The molecule has 1 saturated heterocycles. The van der Waals surface area contributed by atoms with Gasteiger partial charge in [-0.3, -0.25) is 4.79 Å². The van der Waals surface area contributed by atoms with Crippen molar-refractivity contribution >= 4 is 17.4 Å². The number of nitrogens with one attached hydrogen (secondary N) is 1. The van der Waals surface area contributed by atoms with E-state index in [0.29, 0.717) is 17.3 Å². The average molecular weight is 338 g/mol. The first-order chi connectivity index (χ1) is 12.0. The van der Waals surface area contributed by atoms with Crippen molar-refractivity contribution in [1.29, 1.82) is 0 Å². The van der Waals surface area contributed by atoms with E-state index in [1.165, 1.54) is 24.0 Å². The van der Waals surface area contributed by atoms with E-state index in [9.17, 15) is 4.79 Å². The number of likely N-dealkylation sites (tertiary alicyclic amines) is 1. The Bertz CT molecular complexity index is 764. The van der Waals surface area contributed by atoms with Gasteiger partial charge in [-0.2, -0.15) is 0 Å². The summed E-state index contributed by atoms with van der Waals surface area (Å²) in [7, 11) is 0. The largest absolute Gasteiger partial charge is 0.340 e. The number of aromatic nitrogens is 2. The van der Waals surface area contributed by atoms with Crippen LogP contribution in [0.2, 0.25) is 0 Å². The monoisotopic (exact) mass is 338 g/mol. The number of nitrogens with zero attached hydrogens (tertiary/aromatic N) is 3. The van der Waals surface area contributed by atoms with E-state index in [4.69, 9.17) is 0 Å². The summed E-state index contributed by atoms with van der Waals surface area (Å²) in [5.41, 5.74) is 3.88. The van der Waals surface area contributed by atoms with E-state index in [1.54, 1.807) is 6.07 Å². The lowest BCUT2D eigenvalue weighted by Crippen LogP contribution is -2.32. The topological polar surface area (TPSA) is 58.1 Å². The Labute approximate surface area is 149 Å². The van der Waals surface area contributed by atoms with Crippen LogP contribution in [0.3, 0.4) is 0 Å². The van der Waals surface area contributed by atoms with E-state index >= 15 is 0 Å². The second-order valence-electron chi connectivity index (χ2n) is 6.76. The Morgan fingerprint density at radius 1 is 1.04 bits per heavy atom. The molecule has 1 aliphatic rings. The van der Waals surface area contributed by atoms with Crippen molar-refractivity contribution in [2.24, 2.45) is 0 Å². The lowest BCUT2D eigenvalue weighted by atomic mass is 10.1.